The number of rotatable bonds is 6. The van der Waals surface area contributed by atoms with E-state index in [-0.39, 0.29) is 0 Å². The predicted molar refractivity (Wildman–Crippen MR) is 47.6 cm³/mol. The number of ether oxygens (including phenoxy) is 1. The summed E-state index contributed by atoms with van der Waals surface area (Å²) in [6.45, 7) is 7.52. The first-order valence-corrected chi connectivity index (χ1v) is 4.17. The summed E-state index contributed by atoms with van der Waals surface area (Å²) in [5.74, 6) is 0. The van der Waals surface area contributed by atoms with Gasteiger partial charge in [-0.1, -0.05) is 0 Å². The molecule has 0 saturated heterocycles. The van der Waals surface area contributed by atoms with Crippen molar-refractivity contribution in [3.63, 3.8) is 0 Å². The van der Waals surface area contributed by atoms with Gasteiger partial charge in [-0.15, -0.1) is 0 Å². The molecule has 0 radical (unpaired) electrons. The average Bonchev–Trinajstić information content (AvgIpc) is 1.87. The Hall–Kier alpha value is -0.120. The quantitative estimate of drug-likeness (QED) is 0.607. The first kappa shape index (κ1) is 10.9. The van der Waals surface area contributed by atoms with Crippen molar-refractivity contribution in [1.82, 2.24) is 4.90 Å². The Balaban J connectivity index is 3.10. The maximum absolute atomic E-state index is 5.38. The van der Waals surface area contributed by atoms with Gasteiger partial charge in [0, 0.05) is 19.6 Å². The summed E-state index contributed by atoms with van der Waals surface area (Å²) < 4.78 is 5.38. The van der Waals surface area contributed by atoms with Crippen LogP contribution in [-0.2, 0) is 4.74 Å². The highest BCUT2D eigenvalue weighted by atomic mass is 16.5. The Morgan fingerprint density at radius 1 is 1.36 bits per heavy atom. The van der Waals surface area contributed by atoms with Crippen LogP contribution in [0.2, 0.25) is 0 Å². The van der Waals surface area contributed by atoms with E-state index >= 15 is 0 Å². The lowest BCUT2D eigenvalue weighted by Gasteiger charge is -2.16. The molecule has 0 aromatic rings. The lowest BCUT2D eigenvalue weighted by Crippen LogP contribution is -2.29. The van der Waals surface area contributed by atoms with Crippen molar-refractivity contribution in [2.45, 2.75) is 20.0 Å². The van der Waals surface area contributed by atoms with Crippen LogP contribution < -0.4 is 5.73 Å². The summed E-state index contributed by atoms with van der Waals surface area (Å²) in [7, 11) is 2.05. The zero-order valence-electron chi connectivity index (χ0n) is 7.84. The van der Waals surface area contributed by atoms with Gasteiger partial charge in [0.1, 0.15) is 0 Å². The SMILES string of the molecule is CC(C)OCCN(C)CCN. The smallest absolute Gasteiger partial charge is 0.0596 e. The van der Waals surface area contributed by atoms with Crippen LogP contribution in [0.1, 0.15) is 13.8 Å². The van der Waals surface area contributed by atoms with Gasteiger partial charge >= 0.3 is 0 Å². The highest BCUT2D eigenvalue weighted by Gasteiger charge is 1.97. The molecule has 11 heavy (non-hydrogen) atoms. The molecule has 0 spiro atoms. The second-order valence-electron chi connectivity index (χ2n) is 3.01. The van der Waals surface area contributed by atoms with E-state index in [1.807, 2.05) is 13.8 Å². The van der Waals surface area contributed by atoms with E-state index < -0.39 is 0 Å². The molecular weight excluding hydrogens is 140 g/mol. The van der Waals surface area contributed by atoms with Gasteiger partial charge in [-0.3, -0.25) is 0 Å². The molecule has 3 nitrogen and oxygen atoms in total. The molecule has 3 heteroatoms. The van der Waals surface area contributed by atoms with Gasteiger partial charge in [0.2, 0.25) is 0 Å². The molecule has 0 amide bonds. The number of likely N-dealkylation sites (N-methyl/N-ethyl adjacent to an activating group) is 1. The third-order valence-electron chi connectivity index (χ3n) is 1.44. The van der Waals surface area contributed by atoms with Gasteiger partial charge in [-0.25, -0.2) is 0 Å². The summed E-state index contributed by atoms with van der Waals surface area (Å²) in [5, 5.41) is 0. The molecule has 0 aliphatic heterocycles. The average molecular weight is 160 g/mol. The van der Waals surface area contributed by atoms with E-state index in [0.29, 0.717) is 6.10 Å². The molecule has 68 valence electrons. The molecule has 0 aromatic carbocycles. The first-order valence-electron chi connectivity index (χ1n) is 4.17. The van der Waals surface area contributed by atoms with E-state index in [2.05, 4.69) is 11.9 Å². The molecule has 0 saturated carbocycles. The number of nitrogens with zero attached hydrogens (tertiary/aromatic N) is 1. The summed E-state index contributed by atoms with van der Waals surface area (Å²) in [6, 6.07) is 0. The highest BCUT2D eigenvalue weighted by molar-refractivity contribution is 4.50. The Labute approximate surface area is 69.5 Å². The molecule has 0 heterocycles. The molecule has 0 aromatic heterocycles. The Bertz CT molecular complexity index is 86.2. The molecule has 0 fully saturated rings. The van der Waals surface area contributed by atoms with Gasteiger partial charge in [-0.05, 0) is 20.9 Å². The van der Waals surface area contributed by atoms with Gasteiger partial charge < -0.3 is 15.4 Å². The standard InChI is InChI=1S/C8H20N2O/c1-8(2)11-7-6-10(3)5-4-9/h8H,4-7,9H2,1-3H3. The lowest BCUT2D eigenvalue weighted by molar-refractivity contribution is 0.0644. The van der Waals surface area contributed by atoms with E-state index in [4.69, 9.17) is 10.5 Å². The summed E-state index contributed by atoms with van der Waals surface area (Å²) in [6.07, 6.45) is 0.335. The van der Waals surface area contributed by atoms with Crippen molar-refractivity contribution in [3.8, 4) is 0 Å². The van der Waals surface area contributed by atoms with Crippen LogP contribution in [0.4, 0.5) is 0 Å². The van der Waals surface area contributed by atoms with Gasteiger partial charge in [0.25, 0.3) is 0 Å². The maximum Gasteiger partial charge on any atom is 0.0596 e. The van der Waals surface area contributed by atoms with Crippen LogP contribution in [-0.4, -0.2) is 44.3 Å². The molecule has 0 rings (SSSR count). The van der Waals surface area contributed by atoms with Crippen LogP contribution in [0.25, 0.3) is 0 Å². The Kier molecular flexibility index (Phi) is 6.51. The lowest BCUT2D eigenvalue weighted by atomic mass is 10.5. The Morgan fingerprint density at radius 3 is 2.45 bits per heavy atom. The topological polar surface area (TPSA) is 38.5 Å². The first-order chi connectivity index (χ1) is 5.16. The van der Waals surface area contributed by atoms with Crippen molar-refractivity contribution in [2.24, 2.45) is 5.73 Å². The van der Waals surface area contributed by atoms with Crippen LogP contribution in [0, 0.1) is 0 Å². The number of hydrogen-bond donors (Lipinski definition) is 1. The molecule has 0 aliphatic rings. The van der Waals surface area contributed by atoms with E-state index in [1.165, 1.54) is 0 Å². The minimum atomic E-state index is 0.335. The van der Waals surface area contributed by atoms with Crippen LogP contribution in [0.5, 0.6) is 0 Å². The summed E-state index contributed by atoms with van der Waals surface area (Å²) >= 11 is 0. The summed E-state index contributed by atoms with van der Waals surface area (Å²) in [5.41, 5.74) is 5.38. The minimum absolute atomic E-state index is 0.335. The summed E-state index contributed by atoms with van der Waals surface area (Å²) in [4.78, 5) is 2.17. The molecular formula is C8H20N2O. The molecule has 0 atom stereocenters. The zero-order valence-corrected chi connectivity index (χ0v) is 7.84. The van der Waals surface area contributed by atoms with Crippen molar-refractivity contribution >= 4 is 0 Å². The van der Waals surface area contributed by atoms with Crippen molar-refractivity contribution in [1.29, 1.82) is 0 Å². The molecule has 0 bridgehead atoms. The fraction of sp³-hybridized carbons (Fsp3) is 1.00. The van der Waals surface area contributed by atoms with E-state index in [0.717, 1.165) is 26.2 Å². The second-order valence-corrected chi connectivity index (χ2v) is 3.01. The zero-order chi connectivity index (χ0) is 8.69. The second kappa shape index (κ2) is 6.58. The van der Waals surface area contributed by atoms with Crippen molar-refractivity contribution in [3.05, 3.63) is 0 Å². The van der Waals surface area contributed by atoms with Crippen molar-refractivity contribution in [2.75, 3.05) is 33.3 Å². The fourth-order valence-electron chi connectivity index (χ4n) is 0.776. The van der Waals surface area contributed by atoms with Crippen molar-refractivity contribution < 1.29 is 4.74 Å². The van der Waals surface area contributed by atoms with Crippen LogP contribution >= 0.6 is 0 Å². The predicted octanol–water partition coefficient (Wildman–Crippen LogP) is 0.302. The largest absolute Gasteiger partial charge is 0.377 e. The third kappa shape index (κ3) is 7.78. The normalized spacial score (nSPS) is 11.5. The van der Waals surface area contributed by atoms with E-state index in [1.54, 1.807) is 0 Å². The number of nitrogens with two attached hydrogens (primary N) is 1. The highest BCUT2D eigenvalue weighted by Crippen LogP contribution is 1.88. The Morgan fingerprint density at radius 2 is 2.00 bits per heavy atom. The van der Waals surface area contributed by atoms with Crippen LogP contribution in [0.3, 0.4) is 0 Å². The molecule has 0 unspecified atom stereocenters. The maximum atomic E-state index is 5.38. The molecule has 2 N–H and O–H groups in total. The van der Waals surface area contributed by atoms with Gasteiger partial charge in [0.15, 0.2) is 0 Å². The third-order valence-corrected chi connectivity index (χ3v) is 1.44. The monoisotopic (exact) mass is 160 g/mol. The molecule has 0 aliphatic carbocycles. The van der Waals surface area contributed by atoms with Gasteiger partial charge in [0.05, 0.1) is 12.7 Å². The van der Waals surface area contributed by atoms with Crippen LogP contribution in [0.15, 0.2) is 0 Å². The fourth-order valence-corrected chi connectivity index (χ4v) is 0.776. The van der Waals surface area contributed by atoms with Gasteiger partial charge in [-0.2, -0.15) is 0 Å². The number of hydrogen-bond acceptors (Lipinski definition) is 3. The van der Waals surface area contributed by atoms with E-state index in [9.17, 15) is 0 Å². The minimum Gasteiger partial charge on any atom is -0.377 e.